The average molecular weight is 348 g/mol. The van der Waals surface area contributed by atoms with Gasteiger partial charge in [-0.3, -0.25) is 4.79 Å². The van der Waals surface area contributed by atoms with Crippen LogP contribution < -0.4 is 14.8 Å². The van der Waals surface area contributed by atoms with E-state index >= 15 is 0 Å². The van der Waals surface area contributed by atoms with Gasteiger partial charge in [0.25, 0.3) is 0 Å². The van der Waals surface area contributed by atoms with Gasteiger partial charge in [-0.05, 0) is 28.4 Å². The Kier molecular flexibility index (Phi) is 4.49. The van der Waals surface area contributed by atoms with Crippen LogP contribution in [-0.4, -0.2) is 31.8 Å². The standard InChI is InChI=1S/C13H15BrFNO4/c1-19-9-4-7(11(15)10(14)12(9)20-2)8-3-6(5-16-8)13(17)18/h4,6,8,16H,3,5H2,1-2H3,(H,17,18). The minimum absolute atomic E-state index is 0.176. The number of carboxylic acids is 1. The molecule has 0 spiro atoms. The molecular formula is C13H15BrFNO4. The van der Waals surface area contributed by atoms with E-state index in [2.05, 4.69) is 21.2 Å². The summed E-state index contributed by atoms with van der Waals surface area (Å²) in [6.07, 6.45) is 0.341. The van der Waals surface area contributed by atoms with Crippen molar-refractivity contribution in [2.24, 2.45) is 5.92 Å². The number of carboxylic acid groups (broad SMARTS) is 1. The predicted octanol–water partition coefficient (Wildman–Crippen LogP) is 2.34. The summed E-state index contributed by atoms with van der Waals surface area (Å²) < 4.78 is 24.8. The molecule has 1 saturated heterocycles. The smallest absolute Gasteiger partial charge is 0.307 e. The minimum atomic E-state index is -0.875. The van der Waals surface area contributed by atoms with Crippen LogP contribution in [0, 0.1) is 11.7 Å². The number of methoxy groups -OCH3 is 2. The number of ether oxygens (including phenoxy) is 2. The first-order valence-corrected chi connectivity index (χ1v) is 6.85. The maximum Gasteiger partial charge on any atom is 0.307 e. The summed E-state index contributed by atoms with van der Waals surface area (Å²) in [7, 11) is 2.89. The van der Waals surface area contributed by atoms with Crippen molar-refractivity contribution in [1.29, 1.82) is 0 Å². The van der Waals surface area contributed by atoms with Crippen LogP contribution >= 0.6 is 15.9 Å². The van der Waals surface area contributed by atoms with Gasteiger partial charge in [-0.2, -0.15) is 0 Å². The van der Waals surface area contributed by atoms with E-state index in [0.29, 0.717) is 24.3 Å². The molecule has 1 aliphatic rings. The lowest BCUT2D eigenvalue weighted by atomic mass is 9.99. The lowest BCUT2D eigenvalue weighted by molar-refractivity contribution is -0.141. The fourth-order valence-electron chi connectivity index (χ4n) is 2.36. The van der Waals surface area contributed by atoms with E-state index in [0.717, 1.165) is 0 Å². The molecule has 20 heavy (non-hydrogen) atoms. The molecule has 1 fully saturated rings. The molecule has 7 heteroatoms. The van der Waals surface area contributed by atoms with Crippen LogP contribution in [0.5, 0.6) is 11.5 Å². The summed E-state index contributed by atoms with van der Waals surface area (Å²) in [5.74, 6) is -1.17. The topological polar surface area (TPSA) is 67.8 Å². The van der Waals surface area contributed by atoms with E-state index in [1.807, 2.05) is 0 Å². The molecule has 0 aliphatic carbocycles. The zero-order chi connectivity index (χ0) is 14.9. The van der Waals surface area contributed by atoms with E-state index in [1.165, 1.54) is 14.2 Å². The van der Waals surface area contributed by atoms with E-state index < -0.39 is 17.7 Å². The van der Waals surface area contributed by atoms with E-state index in [1.54, 1.807) is 6.07 Å². The second kappa shape index (κ2) is 5.97. The normalized spacial score (nSPS) is 21.8. The van der Waals surface area contributed by atoms with Crippen molar-refractivity contribution in [1.82, 2.24) is 5.32 Å². The van der Waals surface area contributed by atoms with Gasteiger partial charge in [-0.15, -0.1) is 0 Å². The second-order valence-corrected chi connectivity index (χ2v) is 5.35. The van der Waals surface area contributed by atoms with Crippen molar-refractivity contribution < 1.29 is 23.8 Å². The van der Waals surface area contributed by atoms with Gasteiger partial charge in [0.2, 0.25) is 0 Å². The molecule has 1 aromatic rings. The Balaban J connectivity index is 2.38. The van der Waals surface area contributed by atoms with Gasteiger partial charge >= 0.3 is 5.97 Å². The Morgan fingerprint density at radius 3 is 2.70 bits per heavy atom. The SMILES string of the molecule is COc1cc(C2CC(C(=O)O)CN2)c(F)c(Br)c1OC. The molecule has 1 heterocycles. The van der Waals surface area contributed by atoms with Crippen molar-refractivity contribution in [2.45, 2.75) is 12.5 Å². The third-order valence-electron chi connectivity index (χ3n) is 3.44. The zero-order valence-corrected chi connectivity index (χ0v) is 12.7. The highest BCUT2D eigenvalue weighted by Crippen LogP contribution is 2.42. The maximum atomic E-state index is 14.4. The van der Waals surface area contributed by atoms with Gasteiger partial charge < -0.3 is 19.9 Å². The van der Waals surface area contributed by atoms with Crippen molar-refractivity contribution >= 4 is 21.9 Å². The molecule has 1 aromatic carbocycles. The van der Waals surface area contributed by atoms with Crippen molar-refractivity contribution in [3.05, 3.63) is 21.9 Å². The number of hydrogen-bond acceptors (Lipinski definition) is 4. The van der Waals surface area contributed by atoms with E-state index in [4.69, 9.17) is 14.6 Å². The fourth-order valence-corrected chi connectivity index (χ4v) is 2.95. The van der Waals surface area contributed by atoms with E-state index in [-0.39, 0.29) is 16.3 Å². The van der Waals surface area contributed by atoms with Crippen molar-refractivity contribution in [3.8, 4) is 11.5 Å². The monoisotopic (exact) mass is 347 g/mol. The third-order valence-corrected chi connectivity index (χ3v) is 4.14. The Labute approximate surface area is 124 Å². The molecule has 2 unspecified atom stereocenters. The molecule has 0 aromatic heterocycles. The molecule has 110 valence electrons. The van der Waals surface area contributed by atoms with Gasteiger partial charge in [0.1, 0.15) is 5.82 Å². The number of benzene rings is 1. The Morgan fingerprint density at radius 1 is 1.50 bits per heavy atom. The summed E-state index contributed by atoms with van der Waals surface area (Å²) in [4.78, 5) is 11.0. The van der Waals surface area contributed by atoms with Crippen LogP contribution in [0.3, 0.4) is 0 Å². The molecule has 2 N–H and O–H groups in total. The molecule has 1 aliphatic heterocycles. The molecule has 0 radical (unpaired) electrons. The summed E-state index contributed by atoms with van der Waals surface area (Å²) >= 11 is 3.15. The highest BCUT2D eigenvalue weighted by molar-refractivity contribution is 9.10. The largest absolute Gasteiger partial charge is 0.493 e. The first-order chi connectivity index (χ1) is 9.49. The molecule has 0 saturated carbocycles. The number of rotatable bonds is 4. The minimum Gasteiger partial charge on any atom is -0.493 e. The van der Waals surface area contributed by atoms with Crippen LogP contribution in [0.4, 0.5) is 4.39 Å². The number of halogens is 2. The zero-order valence-electron chi connectivity index (χ0n) is 11.1. The number of nitrogens with one attached hydrogen (secondary N) is 1. The fraction of sp³-hybridized carbons (Fsp3) is 0.462. The molecule has 5 nitrogen and oxygen atoms in total. The van der Waals surface area contributed by atoms with Gasteiger partial charge in [0, 0.05) is 18.2 Å². The van der Waals surface area contributed by atoms with Crippen LogP contribution in [0.15, 0.2) is 10.5 Å². The lowest BCUT2D eigenvalue weighted by Crippen LogP contribution is -2.18. The first-order valence-electron chi connectivity index (χ1n) is 6.05. The molecule has 2 atom stereocenters. The first kappa shape index (κ1) is 15.1. The van der Waals surface area contributed by atoms with Gasteiger partial charge in [-0.1, -0.05) is 0 Å². The summed E-state index contributed by atoms with van der Waals surface area (Å²) in [5.41, 5.74) is 0.373. The molecule has 0 amide bonds. The van der Waals surface area contributed by atoms with Crippen molar-refractivity contribution in [2.75, 3.05) is 20.8 Å². The number of aliphatic carboxylic acids is 1. The maximum absolute atomic E-state index is 14.4. The predicted molar refractivity (Wildman–Crippen MR) is 73.7 cm³/mol. The number of hydrogen-bond donors (Lipinski definition) is 2. The lowest BCUT2D eigenvalue weighted by Gasteiger charge is -2.17. The number of carbonyl (C=O) groups is 1. The van der Waals surface area contributed by atoms with Gasteiger partial charge in [-0.25, -0.2) is 4.39 Å². The highest BCUT2D eigenvalue weighted by atomic mass is 79.9. The van der Waals surface area contributed by atoms with Crippen LogP contribution in [-0.2, 0) is 4.79 Å². The highest BCUT2D eigenvalue weighted by Gasteiger charge is 2.33. The van der Waals surface area contributed by atoms with Crippen LogP contribution in [0.1, 0.15) is 18.0 Å². The molecule has 2 rings (SSSR count). The second-order valence-electron chi connectivity index (χ2n) is 4.56. The Morgan fingerprint density at radius 2 is 2.20 bits per heavy atom. The Hall–Kier alpha value is -1.34. The quantitative estimate of drug-likeness (QED) is 0.874. The van der Waals surface area contributed by atoms with Crippen LogP contribution in [0.2, 0.25) is 0 Å². The molecule has 0 bridgehead atoms. The van der Waals surface area contributed by atoms with Gasteiger partial charge in [0.05, 0.1) is 24.6 Å². The van der Waals surface area contributed by atoms with Crippen LogP contribution in [0.25, 0.3) is 0 Å². The van der Waals surface area contributed by atoms with Crippen molar-refractivity contribution in [3.63, 3.8) is 0 Å². The summed E-state index contributed by atoms with van der Waals surface area (Å²) in [6, 6.07) is 1.19. The summed E-state index contributed by atoms with van der Waals surface area (Å²) in [5, 5.41) is 12.0. The average Bonchev–Trinajstić information content (AvgIpc) is 2.91. The third kappa shape index (κ3) is 2.60. The summed E-state index contributed by atoms with van der Waals surface area (Å²) in [6.45, 7) is 0.325. The van der Waals surface area contributed by atoms with E-state index in [9.17, 15) is 9.18 Å². The Bertz CT molecular complexity index is 538. The molecular weight excluding hydrogens is 333 g/mol. The van der Waals surface area contributed by atoms with Gasteiger partial charge in [0.15, 0.2) is 11.5 Å².